The van der Waals surface area contributed by atoms with Gasteiger partial charge < -0.3 is 15.6 Å². The first-order valence-corrected chi connectivity index (χ1v) is 5.96. The number of aryl methyl sites for hydroxylation is 2. The molecule has 0 aliphatic rings. The highest BCUT2D eigenvalue weighted by molar-refractivity contribution is 7.12. The molecular weight excluding hydrogens is 226 g/mol. The molecule has 2 unspecified atom stereocenters. The molecule has 0 spiro atoms. The zero-order chi connectivity index (χ0) is 12.3. The van der Waals surface area contributed by atoms with E-state index in [0.717, 1.165) is 9.75 Å². The third-order valence-electron chi connectivity index (χ3n) is 2.30. The molecular formula is C11H17NO3S. The lowest BCUT2D eigenvalue weighted by atomic mass is 10.0. The van der Waals surface area contributed by atoms with Crippen LogP contribution in [0.1, 0.15) is 28.3 Å². The topological polar surface area (TPSA) is 72.5 Å². The fraction of sp³-hybridized carbons (Fsp3) is 0.545. The van der Waals surface area contributed by atoms with Crippen LogP contribution in [0.4, 0.5) is 0 Å². The van der Waals surface area contributed by atoms with Crippen LogP contribution in [-0.2, 0) is 9.53 Å². The maximum absolute atomic E-state index is 11.4. The Morgan fingerprint density at radius 3 is 2.69 bits per heavy atom. The third-order valence-corrected chi connectivity index (χ3v) is 3.28. The van der Waals surface area contributed by atoms with Gasteiger partial charge in [-0.15, -0.1) is 11.3 Å². The summed E-state index contributed by atoms with van der Waals surface area (Å²) in [7, 11) is 0. The van der Waals surface area contributed by atoms with Crippen molar-refractivity contribution in [2.75, 3.05) is 6.61 Å². The van der Waals surface area contributed by atoms with Crippen molar-refractivity contribution in [3.05, 3.63) is 21.4 Å². The Morgan fingerprint density at radius 1 is 1.62 bits per heavy atom. The molecule has 0 amide bonds. The van der Waals surface area contributed by atoms with E-state index in [1.807, 2.05) is 19.9 Å². The summed E-state index contributed by atoms with van der Waals surface area (Å²) in [6.45, 7) is 5.82. The van der Waals surface area contributed by atoms with Gasteiger partial charge in [0.2, 0.25) is 0 Å². The van der Waals surface area contributed by atoms with Crippen LogP contribution in [0, 0.1) is 13.8 Å². The van der Waals surface area contributed by atoms with E-state index in [4.69, 9.17) is 10.5 Å². The van der Waals surface area contributed by atoms with E-state index in [2.05, 4.69) is 0 Å². The van der Waals surface area contributed by atoms with Gasteiger partial charge in [-0.2, -0.15) is 0 Å². The molecule has 16 heavy (non-hydrogen) atoms. The Morgan fingerprint density at radius 2 is 2.25 bits per heavy atom. The van der Waals surface area contributed by atoms with Gasteiger partial charge in [0.05, 0.1) is 6.61 Å². The standard InChI is InChI=1S/C11H17NO3S/c1-4-15-11(14)9(12)10(13)8-5-6(2)16-7(8)3/h5,9-10,13H,4,12H2,1-3H3. The minimum Gasteiger partial charge on any atom is -0.465 e. The van der Waals surface area contributed by atoms with E-state index in [1.54, 1.807) is 18.3 Å². The van der Waals surface area contributed by atoms with E-state index in [0.29, 0.717) is 5.56 Å². The molecule has 5 heteroatoms. The molecule has 90 valence electrons. The number of rotatable bonds is 4. The van der Waals surface area contributed by atoms with Crippen LogP contribution < -0.4 is 5.73 Å². The van der Waals surface area contributed by atoms with Gasteiger partial charge in [0, 0.05) is 9.75 Å². The van der Waals surface area contributed by atoms with Crippen molar-refractivity contribution in [1.82, 2.24) is 0 Å². The zero-order valence-corrected chi connectivity index (χ0v) is 10.5. The number of nitrogens with two attached hydrogens (primary N) is 1. The van der Waals surface area contributed by atoms with Gasteiger partial charge in [0.25, 0.3) is 0 Å². The minimum absolute atomic E-state index is 0.265. The average molecular weight is 243 g/mol. The number of hydrogen-bond donors (Lipinski definition) is 2. The number of ether oxygens (including phenoxy) is 1. The van der Waals surface area contributed by atoms with Crippen LogP contribution in [0.2, 0.25) is 0 Å². The SMILES string of the molecule is CCOC(=O)C(N)C(O)c1cc(C)sc1C. The first kappa shape index (κ1) is 13.2. The van der Waals surface area contributed by atoms with E-state index in [1.165, 1.54) is 0 Å². The molecule has 0 aliphatic carbocycles. The summed E-state index contributed by atoms with van der Waals surface area (Å²) < 4.78 is 4.77. The molecule has 0 saturated heterocycles. The van der Waals surface area contributed by atoms with Crippen molar-refractivity contribution in [3.8, 4) is 0 Å². The quantitative estimate of drug-likeness (QED) is 0.782. The van der Waals surface area contributed by atoms with Crippen molar-refractivity contribution < 1.29 is 14.6 Å². The fourth-order valence-corrected chi connectivity index (χ4v) is 2.47. The Bertz CT molecular complexity index is 375. The van der Waals surface area contributed by atoms with Crippen LogP contribution in [0.15, 0.2) is 6.07 Å². The zero-order valence-electron chi connectivity index (χ0n) is 9.69. The third kappa shape index (κ3) is 2.81. The molecule has 4 nitrogen and oxygen atoms in total. The van der Waals surface area contributed by atoms with Crippen molar-refractivity contribution in [3.63, 3.8) is 0 Å². The molecule has 3 N–H and O–H groups in total. The molecule has 0 radical (unpaired) electrons. The molecule has 0 aliphatic heterocycles. The first-order valence-electron chi connectivity index (χ1n) is 5.14. The summed E-state index contributed by atoms with van der Waals surface area (Å²) in [6, 6.07) is 0.830. The van der Waals surface area contributed by atoms with Gasteiger partial charge in [0.1, 0.15) is 12.1 Å². The van der Waals surface area contributed by atoms with Gasteiger partial charge >= 0.3 is 5.97 Å². The molecule has 1 heterocycles. The van der Waals surface area contributed by atoms with Crippen LogP contribution in [-0.4, -0.2) is 23.7 Å². The van der Waals surface area contributed by atoms with Crippen molar-refractivity contribution >= 4 is 17.3 Å². The van der Waals surface area contributed by atoms with Crippen LogP contribution in [0.3, 0.4) is 0 Å². The van der Waals surface area contributed by atoms with E-state index < -0.39 is 18.1 Å². The molecule has 1 aromatic heterocycles. The van der Waals surface area contributed by atoms with Crippen LogP contribution >= 0.6 is 11.3 Å². The van der Waals surface area contributed by atoms with Crippen molar-refractivity contribution in [1.29, 1.82) is 0 Å². The van der Waals surface area contributed by atoms with E-state index in [-0.39, 0.29) is 6.61 Å². The number of aliphatic hydroxyl groups excluding tert-OH is 1. The molecule has 0 aromatic carbocycles. The molecule has 1 rings (SSSR count). The second kappa shape index (κ2) is 5.43. The monoisotopic (exact) mass is 243 g/mol. The maximum atomic E-state index is 11.4. The average Bonchev–Trinajstić information content (AvgIpc) is 2.56. The normalized spacial score (nSPS) is 14.6. The van der Waals surface area contributed by atoms with Gasteiger partial charge in [-0.05, 0) is 32.4 Å². The summed E-state index contributed by atoms with van der Waals surface area (Å²) >= 11 is 1.57. The number of hydrogen-bond acceptors (Lipinski definition) is 5. The van der Waals surface area contributed by atoms with Gasteiger partial charge in [0.15, 0.2) is 0 Å². The number of thiophene rings is 1. The number of aliphatic hydroxyl groups is 1. The van der Waals surface area contributed by atoms with Crippen LogP contribution in [0.5, 0.6) is 0 Å². The van der Waals surface area contributed by atoms with Crippen molar-refractivity contribution in [2.45, 2.75) is 32.9 Å². The first-order chi connectivity index (χ1) is 7.47. The lowest BCUT2D eigenvalue weighted by Gasteiger charge is -2.17. The fourth-order valence-electron chi connectivity index (χ4n) is 1.50. The number of carbonyl (C=O) groups excluding carboxylic acids is 1. The summed E-state index contributed by atoms with van der Waals surface area (Å²) in [6.07, 6.45) is -0.996. The number of carbonyl (C=O) groups is 1. The van der Waals surface area contributed by atoms with E-state index in [9.17, 15) is 9.90 Å². The van der Waals surface area contributed by atoms with Gasteiger partial charge in [-0.3, -0.25) is 4.79 Å². The number of esters is 1. The predicted molar refractivity (Wildman–Crippen MR) is 63.4 cm³/mol. The highest BCUT2D eigenvalue weighted by atomic mass is 32.1. The largest absolute Gasteiger partial charge is 0.465 e. The van der Waals surface area contributed by atoms with Gasteiger partial charge in [-0.1, -0.05) is 0 Å². The molecule has 0 fully saturated rings. The minimum atomic E-state index is -1.02. The summed E-state index contributed by atoms with van der Waals surface area (Å²) in [4.78, 5) is 13.4. The summed E-state index contributed by atoms with van der Waals surface area (Å²) in [5.41, 5.74) is 6.35. The molecule has 0 bridgehead atoms. The van der Waals surface area contributed by atoms with Crippen molar-refractivity contribution in [2.24, 2.45) is 5.73 Å². The second-order valence-electron chi connectivity index (χ2n) is 3.59. The highest BCUT2D eigenvalue weighted by Gasteiger charge is 2.27. The maximum Gasteiger partial charge on any atom is 0.325 e. The Hall–Kier alpha value is -0.910. The lowest BCUT2D eigenvalue weighted by Crippen LogP contribution is -2.38. The summed E-state index contributed by atoms with van der Waals surface area (Å²) in [5.74, 6) is -0.571. The van der Waals surface area contributed by atoms with E-state index >= 15 is 0 Å². The Labute approximate surface area is 99.0 Å². The Balaban J connectivity index is 2.81. The molecule has 1 aromatic rings. The highest BCUT2D eigenvalue weighted by Crippen LogP contribution is 2.27. The second-order valence-corrected chi connectivity index (χ2v) is 5.05. The smallest absolute Gasteiger partial charge is 0.325 e. The molecule has 0 saturated carbocycles. The lowest BCUT2D eigenvalue weighted by molar-refractivity contribution is -0.147. The predicted octanol–water partition coefficient (Wildman–Crippen LogP) is 1.29. The van der Waals surface area contributed by atoms with Gasteiger partial charge in [-0.25, -0.2) is 0 Å². The summed E-state index contributed by atoms with van der Waals surface area (Å²) in [5, 5.41) is 9.96. The van der Waals surface area contributed by atoms with Crippen LogP contribution in [0.25, 0.3) is 0 Å². The Kier molecular flexibility index (Phi) is 4.46. The molecule has 2 atom stereocenters.